The van der Waals surface area contributed by atoms with Crippen molar-refractivity contribution in [3.63, 3.8) is 0 Å². The van der Waals surface area contributed by atoms with Gasteiger partial charge in [0.25, 0.3) is 0 Å². The lowest BCUT2D eigenvalue weighted by molar-refractivity contribution is 0.590. The molecular formula is C46H36BN3O2S2. The van der Waals surface area contributed by atoms with Crippen molar-refractivity contribution < 1.29 is 8.83 Å². The average Bonchev–Trinajstić information content (AvgIpc) is 3.85. The fourth-order valence-corrected chi connectivity index (χ4v) is 11.2. The molecule has 0 bridgehead atoms. The van der Waals surface area contributed by atoms with Crippen LogP contribution in [0, 0.1) is 0 Å². The molecule has 2 aliphatic heterocycles. The summed E-state index contributed by atoms with van der Waals surface area (Å²) in [5.41, 5.74) is 12.9. The van der Waals surface area contributed by atoms with E-state index in [0.717, 1.165) is 66.8 Å². The van der Waals surface area contributed by atoms with Crippen molar-refractivity contribution in [1.29, 1.82) is 0 Å². The second-order valence-corrected chi connectivity index (χ2v) is 18.9. The first-order valence-corrected chi connectivity index (χ1v) is 20.1. The predicted molar refractivity (Wildman–Crippen MR) is 227 cm³/mol. The molecule has 2 aliphatic rings. The van der Waals surface area contributed by atoms with Crippen LogP contribution in [0.5, 0.6) is 0 Å². The average molecular weight is 738 g/mol. The zero-order valence-electron chi connectivity index (χ0n) is 30.9. The van der Waals surface area contributed by atoms with Gasteiger partial charge in [-0.2, -0.15) is 0 Å². The summed E-state index contributed by atoms with van der Waals surface area (Å²) in [5.74, 6) is 0. The number of fused-ring (bicyclic) bond motifs is 11. The molecule has 9 aromatic rings. The van der Waals surface area contributed by atoms with Crippen LogP contribution >= 0.6 is 23.1 Å². The van der Waals surface area contributed by atoms with Crippen LogP contribution in [-0.2, 0) is 10.8 Å². The Hall–Kier alpha value is -5.31. The van der Waals surface area contributed by atoms with Gasteiger partial charge in [0.15, 0.2) is 0 Å². The molecule has 0 amide bonds. The second-order valence-electron chi connectivity index (χ2n) is 16.7. The number of anilines is 3. The van der Waals surface area contributed by atoms with Crippen molar-refractivity contribution in [1.82, 2.24) is 9.97 Å². The van der Waals surface area contributed by atoms with Gasteiger partial charge >= 0.3 is 6.71 Å². The molecule has 0 unspecified atom stereocenters. The summed E-state index contributed by atoms with van der Waals surface area (Å²) in [6.07, 6.45) is 5.42. The van der Waals surface area contributed by atoms with Gasteiger partial charge in [0, 0.05) is 70.1 Å². The Morgan fingerprint density at radius 1 is 0.648 bits per heavy atom. The fourth-order valence-electron chi connectivity index (χ4n) is 8.37. The van der Waals surface area contributed by atoms with E-state index in [-0.39, 0.29) is 17.5 Å². The number of thiophene rings is 1. The highest BCUT2D eigenvalue weighted by Gasteiger charge is 2.46. The Morgan fingerprint density at radius 2 is 1.37 bits per heavy atom. The maximum atomic E-state index is 7.16. The number of furan rings is 2. The predicted octanol–water partition coefficient (Wildman–Crippen LogP) is 11.4. The molecule has 0 N–H and O–H groups in total. The van der Waals surface area contributed by atoms with E-state index in [4.69, 9.17) is 8.83 Å². The molecule has 0 aliphatic carbocycles. The highest BCUT2D eigenvalue weighted by Crippen LogP contribution is 2.50. The van der Waals surface area contributed by atoms with E-state index < -0.39 is 0 Å². The molecule has 0 radical (unpaired) electrons. The minimum Gasteiger partial charge on any atom is -0.468 e. The Bertz CT molecular complexity index is 3020. The van der Waals surface area contributed by atoms with Crippen LogP contribution in [0.2, 0.25) is 0 Å². The van der Waals surface area contributed by atoms with Crippen molar-refractivity contribution in [2.24, 2.45) is 0 Å². The van der Waals surface area contributed by atoms with E-state index in [2.05, 4.69) is 135 Å². The maximum absolute atomic E-state index is 7.16. The molecule has 0 spiro atoms. The van der Waals surface area contributed by atoms with Crippen LogP contribution < -0.4 is 20.8 Å². The standard InChI is InChI=1S/C46H36BN3O2S2/c1-45(2,3)27-12-15-37-33(19-27)41-43(52-37)47-40-34(50(41)29-13-16-36-32(21-29)30-9-7-8-10-35(30)51-36)17-25(26-22-48-24-49-23-26)18-39(40)53-42-31-14-11-28(46(4,5)6)20-38(31)54-44(42)47/h7-24H,1-6H3. The minimum atomic E-state index is -0.0713. The van der Waals surface area contributed by atoms with Crippen LogP contribution in [0.3, 0.4) is 0 Å². The van der Waals surface area contributed by atoms with Crippen LogP contribution in [0.4, 0.5) is 17.1 Å². The van der Waals surface area contributed by atoms with Gasteiger partial charge < -0.3 is 13.7 Å². The van der Waals surface area contributed by atoms with E-state index in [9.17, 15) is 0 Å². The van der Waals surface area contributed by atoms with Gasteiger partial charge in [-0.05, 0) is 87.6 Å². The highest BCUT2D eigenvalue weighted by atomic mass is 32.2. The zero-order valence-corrected chi connectivity index (χ0v) is 32.6. The highest BCUT2D eigenvalue weighted by molar-refractivity contribution is 8.00. The molecule has 5 nitrogen and oxygen atoms in total. The van der Waals surface area contributed by atoms with Gasteiger partial charge in [-0.15, -0.1) is 11.3 Å². The smallest absolute Gasteiger partial charge is 0.307 e. The molecule has 0 saturated heterocycles. The lowest BCUT2D eigenvalue weighted by atomic mass is 9.40. The summed E-state index contributed by atoms with van der Waals surface area (Å²) in [4.78, 5) is 13.9. The van der Waals surface area contributed by atoms with Gasteiger partial charge in [0.1, 0.15) is 28.7 Å². The van der Waals surface area contributed by atoms with Gasteiger partial charge in [0.2, 0.25) is 0 Å². The van der Waals surface area contributed by atoms with Crippen molar-refractivity contribution in [2.75, 3.05) is 4.90 Å². The second kappa shape index (κ2) is 11.1. The van der Waals surface area contributed by atoms with Crippen LogP contribution in [0.1, 0.15) is 52.7 Å². The molecule has 5 aromatic carbocycles. The third-order valence-corrected chi connectivity index (χ3v) is 13.8. The molecule has 4 aromatic heterocycles. The first-order chi connectivity index (χ1) is 26.0. The number of hydrogen-bond donors (Lipinski definition) is 0. The number of benzene rings is 5. The van der Waals surface area contributed by atoms with E-state index in [1.54, 1.807) is 6.33 Å². The van der Waals surface area contributed by atoms with Gasteiger partial charge in [-0.3, -0.25) is 0 Å². The van der Waals surface area contributed by atoms with Crippen LogP contribution in [0.25, 0.3) is 54.1 Å². The van der Waals surface area contributed by atoms with Crippen molar-refractivity contribution in [2.45, 2.75) is 62.2 Å². The minimum absolute atomic E-state index is 0.0388. The number of hydrogen-bond acceptors (Lipinski definition) is 7. The maximum Gasteiger partial charge on any atom is 0.307 e. The SMILES string of the molecule is CC(C)(C)c1ccc2c3c(sc2c1)B1c2oc4ccc(C(C)(C)C)cc4c2N(c2ccc4oc5ccccc5c4c2)c2cc(-c4cncnc4)cc(c21)S3. The van der Waals surface area contributed by atoms with Crippen molar-refractivity contribution in [3.05, 3.63) is 121 Å². The van der Waals surface area contributed by atoms with Crippen molar-refractivity contribution in [3.8, 4) is 11.1 Å². The van der Waals surface area contributed by atoms with Crippen LogP contribution in [-0.4, -0.2) is 16.7 Å². The lowest BCUT2D eigenvalue weighted by Crippen LogP contribution is -2.58. The first kappa shape index (κ1) is 32.2. The molecule has 0 atom stereocenters. The summed E-state index contributed by atoms with van der Waals surface area (Å²) < 4.78 is 16.2. The number of para-hydroxylation sites is 1. The zero-order chi connectivity index (χ0) is 36.7. The summed E-state index contributed by atoms with van der Waals surface area (Å²) in [5, 5.41) is 4.62. The van der Waals surface area contributed by atoms with Gasteiger partial charge in [-0.1, -0.05) is 89.7 Å². The number of rotatable bonds is 2. The van der Waals surface area contributed by atoms with E-state index in [1.807, 2.05) is 47.6 Å². The van der Waals surface area contributed by atoms with E-state index >= 15 is 0 Å². The summed E-state index contributed by atoms with van der Waals surface area (Å²) >= 11 is 3.80. The van der Waals surface area contributed by atoms with E-state index in [1.165, 1.54) is 41.2 Å². The van der Waals surface area contributed by atoms with Gasteiger partial charge in [0.05, 0.1) is 5.69 Å². The Labute approximate surface area is 322 Å². The third-order valence-electron chi connectivity index (χ3n) is 11.2. The Kier molecular flexibility index (Phi) is 6.62. The molecule has 0 fully saturated rings. The molecular weight excluding hydrogens is 701 g/mol. The first-order valence-electron chi connectivity index (χ1n) is 18.5. The Balaban J connectivity index is 1.25. The summed E-state index contributed by atoms with van der Waals surface area (Å²) in [6.45, 7) is 13.6. The molecule has 0 saturated carbocycles. The molecule has 262 valence electrons. The Morgan fingerprint density at radius 3 is 2.19 bits per heavy atom. The van der Waals surface area contributed by atoms with Gasteiger partial charge in [-0.25, -0.2) is 9.97 Å². The number of aromatic nitrogens is 2. The van der Waals surface area contributed by atoms with Crippen LogP contribution in [0.15, 0.2) is 128 Å². The van der Waals surface area contributed by atoms with Crippen molar-refractivity contribution >= 4 is 106 Å². The molecule has 54 heavy (non-hydrogen) atoms. The molecule has 8 heteroatoms. The molecule has 6 heterocycles. The lowest BCUT2D eigenvalue weighted by Gasteiger charge is -2.37. The summed E-state index contributed by atoms with van der Waals surface area (Å²) in [7, 11) is 0. The largest absolute Gasteiger partial charge is 0.468 e. The quantitative estimate of drug-likeness (QED) is 0.165. The summed E-state index contributed by atoms with van der Waals surface area (Å²) in [6, 6.07) is 33.4. The molecule has 11 rings (SSSR count). The monoisotopic (exact) mass is 737 g/mol. The topological polar surface area (TPSA) is 55.3 Å². The number of nitrogens with zero attached hydrogens (tertiary/aromatic N) is 3. The normalized spacial score (nSPS) is 14.0. The van der Waals surface area contributed by atoms with E-state index in [0.29, 0.717) is 0 Å². The third kappa shape index (κ3) is 4.66. The fraction of sp³-hybridized carbons (Fsp3) is 0.174.